The number of nitrogens with zero attached hydrogens (tertiary/aromatic N) is 1. The molecule has 0 bridgehead atoms. The van der Waals surface area contributed by atoms with E-state index in [0.29, 0.717) is 11.6 Å². The smallest absolute Gasteiger partial charge is 0.303 e. The predicted molar refractivity (Wildman–Crippen MR) is 105 cm³/mol. The summed E-state index contributed by atoms with van der Waals surface area (Å²) in [5, 5.41) is 11.2. The van der Waals surface area contributed by atoms with E-state index in [1.54, 1.807) is 12.1 Å². The number of rotatable bonds is 8. The monoisotopic (exact) mass is 376 g/mol. The second-order valence-corrected chi connectivity index (χ2v) is 6.15. The SMILES string of the molecule is O=C(O)CCC(=O)Nc1ccc(OC(c2ccccc2)c2ccccc2)nc1. The lowest BCUT2D eigenvalue weighted by atomic mass is 10.0. The molecule has 0 saturated carbocycles. The van der Waals surface area contributed by atoms with E-state index in [4.69, 9.17) is 9.84 Å². The Hall–Kier alpha value is -3.67. The summed E-state index contributed by atoms with van der Waals surface area (Å²) in [5.74, 6) is -0.963. The summed E-state index contributed by atoms with van der Waals surface area (Å²) in [7, 11) is 0. The first-order valence-electron chi connectivity index (χ1n) is 8.86. The summed E-state index contributed by atoms with van der Waals surface area (Å²) < 4.78 is 6.12. The van der Waals surface area contributed by atoms with Gasteiger partial charge in [0, 0.05) is 12.5 Å². The van der Waals surface area contributed by atoms with Gasteiger partial charge in [-0.3, -0.25) is 9.59 Å². The van der Waals surface area contributed by atoms with Gasteiger partial charge >= 0.3 is 5.97 Å². The Kier molecular flexibility index (Phi) is 6.36. The summed E-state index contributed by atoms with van der Waals surface area (Å²) in [4.78, 5) is 26.5. The van der Waals surface area contributed by atoms with Gasteiger partial charge in [-0.15, -0.1) is 0 Å². The zero-order chi connectivity index (χ0) is 19.8. The first-order chi connectivity index (χ1) is 13.6. The van der Waals surface area contributed by atoms with E-state index in [1.165, 1.54) is 6.20 Å². The Labute approximate surface area is 162 Å². The number of nitrogens with one attached hydrogen (secondary N) is 1. The molecule has 2 N–H and O–H groups in total. The highest BCUT2D eigenvalue weighted by Crippen LogP contribution is 2.27. The van der Waals surface area contributed by atoms with Gasteiger partial charge in [-0.05, 0) is 17.2 Å². The molecule has 1 aromatic heterocycles. The van der Waals surface area contributed by atoms with Crippen LogP contribution in [0.1, 0.15) is 30.1 Å². The van der Waals surface area contributed by atoms with E-state index in [2.05, 4.69) is 10.3 Å². The average Bonchev–Trinajstić information content (AvgIpc) is 2.73. The molecule has 1 amide bonds. The highest BCUT2D eigenvalue weighted by molar-refractivity contribution is 5.92. The van der Waals surface area contributed by atoms with Crippen molar-refractivity contribution in [3.05, 3.63) is 90.1 Å². The average molecular weight is 376 g/mol. The summed E-state index contributed by atoms with van der Waals surface area (Å²) in [6.07, 6.45) is 0.876. The molecule has 0 aliphatic heterocycles. The molecule has 0 atom stereocenters. The molecular formula is C22H20N2O4. The van der Waals surface area contributed by atoms with Gasteiger partial charge in [-0.25, -0.2) is 4.98 Å². The molecule has 3 rings (SSSR count). The number of hydrogen-bond donors (Lipinski definition) is 2. The lowest BCUT2D eigenvalue weighted by Crippen LogP contribution is -2.13. The number of anilines is 1. The third-order valence-corrected chi connectivity index (χ3v) is 4.03. The number of aliphatic carboxylic acids is 1. The van der Waals surface area contributed by atoms with Crippen LogP contribution in [0.5, 0.6) is 5.88 Å². The maximum absolute atomic E-state index is 11.7. The second kappa shape index (κ2) is 9.32. The van der Waals surface area contributed by atoms with Crippen molar-refractivity contribution in [2.24, 2.45) is 0 Å². The van der Waals surface area contributed by atoms with Crippen molar-refractivity contribution in [1.29, 1.82) is 0 Å². The van der Waals surface area contributed by atoms with Crippen LogP contribution in [0.4, 0.5) is 5.69 Å². The number of ether oxygens (including phenoxy) is 1. The van der Waals surface area contributed by atoms with Gasteiger partial charge in [-0.1, -0.05) is 60.7 Å². The van der Waals surface area contributed by atoms with Gasteiger partial charge in [0.15, 0.2) is 6.10 Å². The fraction of sp³-hybridized carbons (Fsp3) is 0.136. The molecule has 0 spiro atoms. The van der Waals surface area contributed by atoms with Gasteiger partial charge in [-0.2, -0.15) is 0 Å². The maximum atomic E-state index is 11.7. The molecule has 0 aliphatic carbocycles. The van der Waals surface area contributed by atoms with E-state index in [-0.39, 0.29) is 24.9 Å². The Morgan fingerprint density at radius 3 is 2.00 bits per heavy atom. The number of carboxylic acids is 1. The predicted octanol–water partition coefficient (Wildman–Crippen LogP) is 4.05. The van der Waals surface area contributed by atoms with Crippen LogP contribution in [0.15, 0.2) is 79.0 Å². The Morgan fingerprint density at radius 2 is 1.50 bits per heavy atom. The van der Waals surface area contributed by atoms with Crippen LogP contribution in [0.25, 0.3) is 0 Å². The van der Waals surface area contributed by atoms with E-state index >= 15 is 0 Å². The van der Waals surface area contributed by atoms with Crippen LogP contribution >= 0.6 is 0 Å². The molecule has 0 unspecified atom stereocenters. The summed E-state index contributed by atoms with van der Waals surface area (Å²) >= 11 is 0. The van der Waals surface area contributed by atoms with Crippen LogP contribution in [-0.2, 0) is 9.59 Å². The molecule has 3 aromatic rings. The highest BCUT2D eigenvalue weighted by atomic mass is 16.5. The third-order valence-electron chi connectivity index (χ3n) is 4.03. The second-order valence-electron chi connectivity index (χ2n) is 6.15. The summed E-state index contributed by atoms with van der Waals surface area (Å²) in [6, 6.07) is 23.1. The van der Waals surface area contributed by atoms with E-state index in [9.17, 15) is 9.59 Å². The van der Waals surface area contributed by atoms with Crippen molar-refractivity contribution in [1.82, 2.24) is 4.98 Å². The van der Waals surface area contributed by atoms with Gasteiger partial charge < -0.3 is 15.2 Å². The maximum Gasteiger partial charge on any atom is 0.303 e. The first kappa shape index (κ1) is 19.1. The molecule has 0 aliphatic rings. The van der Waals surface area contributed by atoms with Gasteiger partial charge in [0.25, 0.3) is 0 Å². The summed E-state index contributed by atoms with van der Waals surface area (Å²) in [6.45, 7) is 0. The molecule has 0 fully saturated rings. The van der Waals surface area contributed by atoms with Gasteiger partial charge in [0.2, 0.25) is 11.8 Å². The Bertz CT molecular complexity index is 873. The van der Waals surface area contributed by atoms with Crippen molar-refractivity contribution >= 4 is 17.6 Å². The molecule has 6 nitrogen and oxygen atoms in total. The topological polar surface area (TPSA) is 88.5 Å². The van der Waals surface area contributed by atoms with Crippen LogP contribution in [0.2, 0.25) is 0 Å². The van der Waals surface area contributed by atoms with Crippen molar-refractivity contribution in [2.45, 2.75) is 18.9 Å². The molecule has 1 heterocycles. The van der Waals surface area contributed by atoms with Crippen molar-refractivity contribution in [2.75, 3.05) is 5.32 Å². The minimum absolute atomic E-state index is 0.0856. The number of carboxylic acid groups (broad SMARTS) is 1. The Balaban J connectivity index is 1.71. The largest absolute Gasteiger partial charge is 0.481 e. The molecule has 142 valence electrons. The standard InChI is InChI=1S/C22H20N2O4/c25-19(12-14-21(26)27)24-18-11-13-20(23-15-18)28-22(16-7-3-1-4-8-16)17-9-5-2-6-10-17/h1-11,13,15,22H,12,14H2,(H,24,25)(H,26,27). The van der Waals surface area contributed by atoms with Gasteiger partial charge in [0.1, 0.15) is 0 Å². The van der Waals surface area contributed by atoms with Crippen molar-refractivity contribution in [3.63, 3.8) is 0 Å². The van der Waals surface area contributed by atoms with Crippen LogP contribution in [0, 0.1) is 0 Å². The fourth-order valence-electron chi connectivity index (χ4n) is 2.67. The molecule has 28 heavy (non-hydrogen) atoms. The summed E-state index contributed by atoms with van der Waals surface area (Å²) in [5.41, 5.74) is 2.49. The molecule has 0 saturated heterocycles. The fourth-order valence-corrected chi connectivity index (χ4v) is 2.67. The van der Waals surface area contributed by atoms with E-state index in [0.717, 1.165) is 11.1 Å². The zero-order valence-corrected chi connectivity index (χ0v) is 15.1. The molecule has 0 radical (unpaired) electrons. The number of amides is 1. The minimum Gasteiger partial charge on any atom is -0.481 e. The third kappa shape index (κ3) is 5.41. The first-order valence-corrected chi connectivity index (χ1v) is 8.86. The number of carbonyl (C=O) groups is 2. The van der Waals surface area contributed by atoms with Crippen LogP contribution in [0.3, 0.4) is 0 Å². The number of carbonyl (C=O) groups excluding carboxylic acids is 1. The van der Waals surface area contributed by atoms with Crippen LogP contribution in [-0.4, -0.2) is 22.0 Å². The van der Waals surface area contributed by atoms with Crippen LogP contribution < -0.4 is 10.1 Å². The van der Waals surface area contributed by atoms with Crippen molar-refractivity contribution in [3.8, 4) is 5.88 Å². The quantitative estimate of drug-likeness (QED) is 0.619. The number of pyridine rings is 1. The normalized spacial score (nSPS) is 10.5. The van der Waals surface area contributed by atoms with E-state index in [1.807, 2.05) is 60.7 Å². The van der Waals surface area contributed by atoms with E-state index < -0.39 is 5.97 Å². The number of hydrogen-bond acceptors (Lipinski definition) is 4. The van der Waals surface area contributed by atoms with Gasteiger partial charge in [0.05, 0.1) is 18.3 Å². The lowest BCUT2D eigenvalue weighted by molar-refractivity contribution is -0.138. The number of benzene rings is 2. The highest BCUT2D eigenvalue weighted by Gasteiger charge is 2.16. The lowest BCUT2D eigenvalue weighted by Gasteiger charge is -2.19. The zero-order valence-electron chi connectivity index (χ0n) is 15.1. The number of aromatic nitrogens is 1. The van der Waals surface area contributed by atoms with Crippen molar-refractivity contribution < 1.29 is 19.4 Å². The minimum atomic E-state index is -1.01. The molecule has 6 heteroatoms. The molecule has 2 aromatic carbocycles. The molecular weight excluding hydrogens is 356 g/mol. The Morgan fingerprint density at radius 1 is 0.893 bits per heavy atom.